The Balaban J connectivity index is 2.44. The molecule has 3 nitrogen and oxygen atoms in total. The second-order valence-corrected chi connectivity index (χ2v) is 4.22. The molecular formula is C12H10ClF3N2O. The average molecular weight is 291 g/mol. The number of fused-ring (bicyclic) bond motifs is 1. The summed E-state index contributed by atoms with van der Waals surface area (Å²) in [7, 11) is 1.43. The van der Waals surface area contributed by atoms with Crippen LogP contribution in [0.5, 0.6) is 5.75 Å². The second kappa shape index (κ2) is 5.13. The van der Waals surface area contributed by atoms with Gasteiger partial charge in [0.15, 0.2) is 0 Å². The zero-order valence-corrected chi connectivity index (χ0v) is 10.6. The van der Waals surface area contributed by atoms with E-state index in [2.05, 4.69) is 10.3 Å². The number of alkyl halides is 3. The Morgan fingerprint density at radius 3 is 2.74 bits per heavy atom. The molecule has 2 aromatic rings. The maximum absolute atomic E-state index is 12.2. The predicted molar refractivity (Wildman–Crippen MR) is 67.8 cm³/mol. The minimum absolute atomic E-state index is 0.0646. The van der Waals surface area contributed by atoms with Crippen LogP contribution in [0.4, 0.5) is 19.0 Å². The van der Waals surface area contributed by atoms with Gasteiger partial charge >= 0.3 is 6.18 Å². The molecule has 0 saturated heterocycles. The number of benzene rings is 1. The van der Waals surface area contributed by atoms with Gasteiger partial charge in [-0.15, -0.1) is 0 Å². The van der Waals surface area contributed by atoms with Crippen molar-refractivity contribution < 1.29 is 17.9 Å². The van der Waals surface area contributed by atoms with Crippen molar-refractivity contribution >= 4 is 28.3 Å². The molecule has 0 amide bonds. The summed E-state index contributed by atoms with van der Waals surface area (Å²) in [5, 5.41) is 3.20. The number of methoxy groups -OCH3 is 1. The molecule has 0 spiro atoms. The van der Waals surface area contributed by atoms with Crippen LogP contribution in [0.2, 0.25) is 5.02 Å². The van der Waals surface area contributed by atoms with E-state index >= 15 is 0 Å². The molecule has 0 saturated carbocycles. The Labute approximate surface area is 112 Å². The first-order valence-corrected chi connectivity index (χ1v) is 5.72. The molecular weight excluding hydrogens is 281 g/mol. The van der Waals surface area contributed by atoms with Gasteiger partial charge in [0, 0.05) is 11.5 Å². The maximum Gasteiger partial charge on any atom is 0.405 e. The van der Waals surface area contributed by atoms with Crippen molar-refractivity contribution in [3.8, 4) is 5.75 Å². The number of hydrogen-bond acceptors (Lipinski definition) is 3. The van der Waals surface area contributed by atoms with E-state index in [0.29, 0.717) is 21.7 Å². The van der Waals surface area contributed by atoms with Gasteiger partial charge in [-0.25, -0.2) is 4.98 Å². The highest BCUT2D eigenvalue weighted by molar-refractivity contribution is 6.35. The van der Waals surface area contributed by atoms with Crippen LogP contribution in [-0.4, -0.2) is 24.8 Å². The highest BCUT2D eigenvalue weighted by atomic mass is 35.5. The molecule has 1 N–H and O–H groups in total. The van der Waals surface area contributed by atoms with Crippen LogP contribution >= 0.6 is 11.6 Å². The van der Waals surface area contributed by atoms with E-state index in [0.717, 1.165) is 0 Å². The summed E-state index contributed by atoms with van der Waals surface area (Å²) in [6, 6.07) is 6.48. The Morgan fingerprint density at radius 1 is 1.37 bits per heavy atom. The third kappa shape index (κ3) is 3.20. The zero-order valence-electron chi connectivity index (χ0n) is 9.88. The summed E-state index contributed by atoms with van der Waals surface area (Å²) in [6.07, 6.45) is -4.32. The Kier molecular flexibility index (Phi) is 3.71. The number of nitrogens with zero attached hydrogens (tertiary/aromatic N) is 1. The quantitative estimate of drug-likeness (QED) is 0.932. The molecule has 0 aliphatic carbocycles. The predicted octanol–water partition coefficient (Wildman–Crippen LogP) is 3.87. The molecule has 102 valence electrons. The van der Waals surface area contributed by atoms with E-state index in [4.69, 9.17) is 16.3 Å². The summed E-state index contributed by atoms with van der Waals surface area (Å²) < 4.78 is 41.6. The molecule has 0 bridgehead atoms. The van der Waals surface area contributed by atoms with Gasteiger partial charge in [0.1, 0.15) is 18.1 Å². The van der Waals surface area contributed by atoms with Gasteiger partial charge in [0.25, 0.3) is 0 Å². The van der Waals surface area contributed by atoms with E-state index in [9.17, 15) is 13.2 Å². The summed E-state index contributed by atoms with van der Waals surface area (Å²) >= 11 is 5.98. The van der Waals surface area contributed by atoms with Gasteiger partial charge in [-0.3, -0.25) is 0 Å². The van der Waals surface area contributed by atoms with E-state index < -0.39 is 12.7 Å². The van der Waals surface area contributed by atoms with E-state index in [1.165, 1.54) is 13.2 Å². The summed E-state index contributed by atoms with van der Waals surface area (Å²) in [5.74, 6) is 0.479. The van der Waals surface area contributed by atoms with Crippen LogP contribution < -0.4 is 10.1 Å². The molecule has 0 fully saturated rings. The van der Waals surface area contributed by atoms with Crippen molar-refractivity contribution in [2.75, 3.05) is 19.0 Å². The van der Waals surface area contributed by atoms with E-state index in [1.807, 2.05) is 0 Å². The number of para-hydroxylation sites is 1. The smallest absolute Gasteiger partial charge is 0.405 e. The van der Waals surface area contributed by atoms with Crippen molar-refractivity contribution in [2.45, 2.75) is 6.18 Å². The van der Waals surface area contributed by atoms with Gasteiger partial charge in [-0.05, 0) is 12.1 Å². The fourth-order valence-corrected chi connectivity index (χ4v) is 1.85. The molecule has 0 unspecified atom stereocenters. The first-order valence-electron chi connectivity index (χ1n) is 5.34. The number of rotatable bonds is 3. The number of hydrogen-bond donors (Lipinski definition) is 1. The molecule has 7 heteroatoms. The van der Waals surface area contributed by atoms with Gasteiger partial charge in [0.05, 0.1) is 17.6 Å². The highest BCUT2D eigenvalue weighted by Gasteiger charge is 2.27. The molecule has 0 atom stereocenters. The van der Waals surface area contributed by atoms with Crippen LogP contribution in [0.3, 0.4) is 0 Å². The van der Waals surface area contributed by atoms with Gasteiger partial charge in [-0.1, -0.05) is 17.7 Å². The number of halogens is 4. The lowest BCUT2D eigenvalue weighted by molar-refractivity contribution is -0.115. The fourth-order valence-electron chi connectivity index (χ4n) is 1.63. The van der Waals surface area contributed by atoms with Crippen LogP contribution in [0.15, 0.2) is 24.3 Å². The monoisotopic (exact) mass is 290 g/mol. The van der Waals surface area contributed by atoms with E-state index in [-0.39, 0.29) is 5.82 Å². The number of aromatic nitrogens is 1. The molecule has 1 aromatic carbocycles. The second-order valence-electron chi connectivity index (χ2n) is 3.81. The summed E-state index contributed by atoms with van der Waals surface area (Å²) in [5.41, 5.74) is 0.396. The Hall–Kier alpha value is -1.69. The van der Waals surface area contributed by atoms with Crippen LogP contribution in [-0.2, 0) is 0 Å². The first kappa shape index (κ1) is 13.7. The molecule has 1 heterocycles. The largest absolute Gasteiger partial charge is 0.496 e. The number of nitrogens with one attached hydrogen (secondary N) is 1. The minimum Gasteiger partial charge on any atom is -0.496 e. The highest BCUT2D eigenvalue weighted by Crippen LogP contribution is 2.31. The summed E-state index contributed by atoms with van der Waals surface area (Å²) in [4.78, 5) is 4.06. The van der Waals surface area contributed by atoms with Crippen LogP contribution in [0.25, 0.3) is 10.9 Å². The minimum atomic E-state index is -4.32. The Bertz CT molecular complexity index is 601. The SMILES string of the molecule is COc1cc(NCC(F)(F)F)nc2c(Cl)cccc12. The zero-order chi connectivity index (χ0) is 14.0. The van der Waals surface area contributed by atoms with Crippen molar-refractivity contribution in [1.82, 2.24) is 4.98 Å². The normalized spacial score (nSPS) is 11.6. The van der Waals surface area contributed by atoms with Crippen molar-refractivity contribution in [3.05, 3.63) is 29.3 Å². The average Bonchev–Trinajstić information content (AvgIpc) is 2.35. The van der Waals surface area contributed by atoms with E-state index in [1.54, 1.807) is 18.2 Å². The lowest BCUT2D eigenvalue weighted by atomic mass is 10.2. The molecule has 1 aromatic heterocycles. The first-order chi connectivity index (χ1) is 8.90. The number of pyridine rings is 1. The number of ether oxygens (including phenoxy) is 1. The fraction of sp³-hybridized carbons (Fsp3) is 0.250. The van der Waals surface area contributed by atoms with Gasteiger partial charge in [-0.2, -0.15) is 13.2 Å². The van der Waals surface area contributed by atoms with Gasteiger partial charge in [0.2, 0.25) is 0 Å². The molecule has 0 radical (unpaired) electrons. The molecule has 2 rings (SSSR count). The Morgan fingerprint density at radius 2 is 2.11 bits per heavy atom. The standard InChI is InChI=1S/C12H10ClF3N2O/c1-19-9-5-10(17-6-12(14,15)16)18-11-7(9)3-2-4-8(11)13/h2-5H,6H2,1H3,(H,17,18). The molecule has 0 aliphatic heterocycles. The summed E-state index contributed by atoms with van der Waals surface area (Å²) in [6.45, 7) is -1.17. The van der Waals surface area contributed by atoms with Gasteiger partial charge < -0.3 is 10.1 Å². The number of anilines is 1. The topological polar surface area (TPSA) is 34.1 Å². The molecule has 0 aliphatic rings. The third-order valence-electron chi connectivity index (χ3n) is 2.44. The van der Waals surface area contributed by atoms with Crippen LogP contribution in [0.1, 0.15) is 0 Å². The maximum atomic E-state index is 12.2. The van der Waals surface area contributed by atoms with Crippen molar-refractivity contribution in [1.29, 1.82) is 0 Å². The van der Waals surface area contributed by atoms with Crippen LogP contribution in [0, 0.1) is 0 Å². The van der Waals surface area contributed by atoms with Crippen molar-refractivity contribution in [3.63, 3.8) is 0 Å². The lowest BCUT2D eigenvalue weighted by Gasteiger charge is -2.12. The van der Waals surface area contributed by atoms with Crippen molar-refractivity contribution in [2.24, 2.45) is 0 Å². The lowest BCUT2D eigenvalue weighted by Crippen LogP contribution is -2.21. The molecule has 19 heavy (non-hydrogen) atoms. The third-order valence-corrected chi connectivity index (χ3v) is 2.75.